The van der Waals surface area contributed by atoms with Crippen molar-refractivity contribution in [2.75, 3.05) is 6.61 Å². The normalized spacial score (nSPS) is 52.5. The monoisotopic (exact) mass is 460 g/mol. The smallest absolute Gasteiger partial charge is 0.458 e. The number of esters is 1. The molecule has 4 aliphatic heterocycles. The van der Waals surface area contributed by atoms with Gasteiger partial charge in [-0.1, -0.05) is 20.8 Å². The van der Waals surface area contributed by atoms with E-state index in [1.165, 1.54) is 0 Å². The quantitative estimate of drug-likeness (QED) is 0.458. The summed E-state index contributed by atoms with van der Waals surface area (Å²) in [6, 6.07) is 0. The van der Waals surface area contributed by atoms with Crippen molar-refractivity contribution in [2.45, 2.75) is 108 Å². The Labute approximate surface area is 193 Å². The van der Waals surface area contributed by atoms with Gasteiger partial charge in [0.1, 0.15) is 35.6 Å². The molecule has 4 heterocycles. The maximum Gasteiger partial charge on any atom is 0.509 e. The maximum atomic E-state index is 12.9. The molecule has 8 nitrogen and oxygen atoms in total. The summed E-state index contributed by atoms with van der Waals surface area (Å²) in [6.07, 6.45) is 0.564. The average molecular weight is 461 g/mol. The third-order valence-electron chi connectivity index (χ3n) is 9.67. The van der Waals surface area contributed by atoms with E-state index in [1.807, 2.05) is 20.8 Å². The van der Waals surface area contributed by atoms with Gasteiger partial charge in [-0.15, -0.1) is 0 Å². The molecule has 0 aromatic rings. The molecule has 7 aliphatic rings. The number of rotatable bonds is 2. The molecule has 5 fully saturated rings. The summed E-state index contributed by atoms with van der Waals surface area (Å²) >= 11 is 0. The molecular formula is C25H32O8. The van der Waals surface area contributed by atoms with Crippen molar-refractivity contribution in [1.82, 2.24) is 0 Å². The summed E-state index contributed by atoms with van der Waals surface area (Å²) < 4.78 is 36.8. The number of fused-ring (bicyclic) bond motifs is 4. The maximum absolute atomic E-state index is 12.9. The highest BCUT2D eigenvalue weighted by Crippen LogP contribution is 2.83. The summed E-state index contributed by atoms with van der Waals surface area (Å²) in [4.78, 5) is 25.2. The molecule has 0 aromatic heterocycles. The molecule has 9 atom stereocenters. The third-order valence-corrected chi connectivity index (χ3v) is 9.67. The van der Waals surface area contributed by atoms with Crippen molar-refractivity contribution in [2.24, 2.45) is 17.3 Å². The van der Waals surface area contributed by atoms with Crippen LogP contribution >= 0.6 is 0 Å². The molecule has 2 spiro atoms. The van der Waals surface area contributed by atoms with E-state index in [9.17, 15) is 9.59 Å². The number of hydrogen-bond donors (Lipinski definition) is 0. The van der Waals surface area contributed by atoms with Crippen LogP contribution in [0.2, 0.25) is 0 Å². The second-order valence-electron chi connectivity index (χ2n) is 12.5. The van der Waals surface area contributed by atoms with Crippen molar-refractivity contribution < 1.29 is 38.0 Å². The molecule has 2 saturated carbocycles. The first-order valence-electron chi connectivity index (χ1n) is 12.2. The molecule has 0 unspecified atom stereocenters. The van der Waals surface area contributed by atoms with E-state index in [1.54, 1.807) is 0 Å². The standard InChI is InChI=1S/C25H32O8/c1-11(2)23-16(31-23)17-25(32-17)22(6)8-7-12-13(10-28-18(12)26)14(22)9-15-24(25,30-15)19(23)29-20(27)33-21(3,4)5/h11,14-17,19H,7-10H2,1-6H3/t14-,15-,16-,17+,19+,22-,23-,24+,25+/m0/s1. The zero-order valence-corrected chi connectivity index (χ0v) is 20.1. The molecular weight excluding hydrogens is 428 g/mol. The Morgan fingerprint density at radius 3 is 2.61 bits per heavy atom. The van der Waals surface area contributed by atoms with Crippen LogP contribution in [0, 0.1) is 17.3 Å². The topological polar surface area (TPSA) is 99.4 Å². The number of cyclic esters (lactones) is 1. The van der Waals surface area contributed by atoms with E-state index in [2.05, 4.69) is 20.8 Å². The van der Waals surface area contributed by atoms with E-state index in [-0.39, 0.29) is 41.5 Å². The van der Waals surface area contributed by atoms with Crippen LogP contribution in [0.3, 0.4) is 0 Å². The molecule has 0 amide bonds. The van der Waals surface area contributed by atoms with Gasteiger partial charge in [-0.2, -0.15) is 0 Å². The van der Waals surface area contributed by atoms with Crippen LogP contribution in [0.25, 0.3) is 0 Å². The largest absolute Gasteiger partial charge is 0.509 e. The fourth-order valence-electron chi connectivity index (χ4n) is 8.21. The SMILES string of the molecule is CC(C)[C@]12O[C@H]1[C@H]1O[C@]13[C@]1(O[C@H]1C[C@H]1C4=C(CC[C@@]13C)C(=O)OC4)[C@@H]2OC(=O)OC(C)(C)C. The Balaban J connectivity index is 1.31. The van der Waals surface area contributed by atoms with Gasteiger partial charge >= 0.3 is 12.1 Å². The minimum absolute atomic E-state index is 0.101. The first-order chi connectivity index (χ1) is 15.4. The van der Waals surface area contributed by atoms with Gasteiger partial charge in [0.25, 0.3) is 0 Å². The Kier molecular flexibility index (Phi) is 3.51. The summed E-state index contributed by atoms with van der Waals surface area (Å²) in [5.74, 6) is 0.0831. The molecule has 3 saturated heterocycles. The fraction of sp³-hybridized carbons (Fsp3) is 0.840. The van der Waals surface area contributed by atoms with Gasteiger partial charge in [-0.3, -0.25) is 0 Å². The third kappa shape index (κ3) is 2.12. The highest BCUT2D eigenvalue weighted by molar-refractivity contribution is 5.92. The lowest BCUT2D eigenvalue weighted by Crippen LogP contribution is -2.70. The van der Waals surface area contributed by atoms with Crippen LogP contribution in [0.1, 0.15) is 60.8 Å². The number of carbonyl (C=O) groups excluding carboxylic acids is 2. The van der Waals surface area contributed by atoms with Gasteiger partial charge < -0.3 is 28.4 Å². The van der Waals surface area contributed by atoms with Crippen LogP contribution in [-0.4, -0.2) is 65.6 Å². The van der Waals surface area contributed by atoms with Crippen molar-refractivity contribution >= 4 is 12.1 Å². The number of hydrogen-bond acceptors (Lipinski definition) is 8. The number of epoxide rings is 3. The van der Waals surface area contributed by atoms with Gasteiger partial charge in [0.05, 0.1) is 6.10 Å². The molecule has 0 bridgehead atoms. The van der Waals surface area contributed by atoms with Crippen molar-refractivity contribution in [3.63, 3.8) is 0 Å². The zero-order valence-electron chi connectivity index (χ0n) is 20.1. The molecule has 180 valence electrons. The van der Waals surface area contributed by atoms with E-state index in [0.717, 1.165) is 24.0 Å². The van der Waals surface area contributed by atoms with Crippen LogP contribution in [-0.2, 0) is 33.2 Å². The predicted octanol–water partition coefficient (Wildman–Crippen LogP) is 3.06. The Hall–Kier alpha value is -1.64. The highest BCUT2D eigenvalue weighted by Gasteiger charge is 3.01. The number of carbonyl (C=O) groups is 2. The van der Waals surface area contributed by atoms with E-state index in [4.69, 9.17) is 28.4 Å². The van der Waals surface area contributed by atoms with E-state index >= 15 is 0 Å². The minimum Gasteiger partial charge on any atom is -0.458 e. The second-order valence-corrected chi connectivity index (χ2v) is 12.5. The summed E-state index contributed by atoms with van der Waals surface area (Å²) in [7, 11) is 0. The van der Waals surface area contributed by atoms with Crippen LogP contribution in [0.4, 0.5) is 4.79 Å². The molecule has 3 aliphatic carbocycles. The first-order valence-corrected chi connectivity index (χ1v) is 12.2. The molecule has 7 rings (SSSR count). The van der Waals surface area contributed by atoms with Crippen molar-refractivity contribution in [3.8, 4) is 0 Å². The summed E-state index contributed by atoms with van der Waals surface area (Å²) in [6.45, 7) is 12.3. The Morgan fingerprint density at radius 2 is 1.91 bits per heavy atom. The minimum atomic E-state index is -0.751. The van der Waals surface area contributed by atoms with Gasteiger partial charge in [-0.25, -0.2) is 9.59 Å². The van der Waals surface area contributed by atoms with E-state index < -0.39 is 34.7 Å². The van der Waals surface area contributed by atoms with Crippen molar-refractivity contribution in [1.29, 1.82) is 0 Å². The van der Waals surface area contributed by atoms with E-state index in [0.29, 0.717) is 13.0 Å². The average Bonchev–Trinajstić information content (AvgIpc) is 3.59. The zero-order chi connectivity index (χ0) is 23.3. The predicted molar refractivity (Wildman–Crippen MR) is 112 cm³/mol. The first kappa shape index (κ1) is 20.7. The van der Waals surface area contributed by atoms with Gasteiger partial charge in [0.2, 0.25) is 0 Å². The van der Waals surface area contributed by atoms with Crippen LogP contribution < -0.4 is 0 Å². The van der Waals surface area contributed by atoms with Gasteiger partial charge in [0.15, 0.2) is 11.7 Å². The highest BCUT2D eigenvalue weighted by atomic mass is 16.8. The van der Waals surface area contributed by atoms with Crippen LogP contribution in [0.15, 0.2) is 11.1 Å². The van der Waals surface area contributed by atoms with Gasteiger partial charge in [-0.05, 0) is 57.4 Å². The fourth-order valence-corrected chi connectivity index (χ4v) is 8.21. The van der Waals surface area contributed by atoms with Crippen molar-refractivity contribution in [3.05, 3.63) is 11.1 Å². The van der Waals surface area contributed by atoms with Gasteiger partial charge in [0, 0.05) is 11.0 Å². The molecule has 8 heteroatoms. The molecule has 0 radical (unpaired) electrons. The Bertz CT molecular complexity index is 1030. The lowest BCUT2D eigenvalue weighted by atomic mass is 9.46. The number of ether oxygens (including phenoxy) is 6. The molecule has 0 aromatic carbocycles. The summed E-state index contributed by atoms with van der Waals surface area (Å²) in [5.41, 5.74) is -0.960. The summed E-state index contributed by atoms with van der Waals surface area (Å²) in [5, 5.41) is 0. The van der Waals surface area contributed by atoms with Crippen LogP contribution in [0.5, 0.6) is 0 Å². The lowest BCUT2D eigenvalue weighted by Gasteiger charge is -2.53. The second kappa shape index (κ2) is 5.60. The Morgan fingerprint density at radius 1 is 1.15 bits per heavy atom. The molecule has 0 N–H and O–H groups in total. The molecule has 33 heavy (non-hydrogen) atoms. The lowest BCUT2D eigenvalue weighted by molar-refractivity contribution is -0.136.